The van der Waals surface area contributed by atoms with Gasteiger partial charge in [-0.3, -0.25) is 0 Å². The standard InChI is InChI=1S/C23H15F3N6OS/c24-23(25,26)33-20-11-9-19(10-12-20)32-14-28-21(31-32)16-3-7-18(8-4-16)30-22(34)29-17-5-1-15(13-27)2-6-17/h1-12,14H,(H2,29,30,34). The molecule has 1 aromatic heterocycles. The van der Waals surface area contributed by atoms with E-state index in [0.717, 1.165) is 16.9 Å². The van der Waals surface area contributed by atoms with Crippen LogP contribution in [0.5, 0.6) is 5.75 Å². The van der Waals surface area contributed by atoms with Gasteiger partial charge in [0, 0.05) is 16.9 Å². The molecule has 0 aliphatic rings. The van der Waals surface area contributed by atoms with Crippen LogP contribution in [-0.2, 0) is 0 Å². The minimum Gasteiger partial charge on any atom is -0.406 e. The van der Waals surface area contributed by atoms with E-state index in [-0.39, 0.29) is 5.75 Å². The summed E-state index contributed by atoms with van der Waals surface area (Å²) in [5, 5.41) is 19.7. The fourth-order valence-corrected chi connectivity index (χ4v) is 3.18. The van der Waals surface area contributed by atoms with Crippen LogP contribution in [0.1, 0.15) is 5.56 Å². The fraction of sp³-hybridized carbons (Fsp3) is 0.0435. The number of alkyl halides is 3. The number of halogens is 3. The lowest BCUT2D eigenvalue weighted by atomic mass is 10.2. The van der Waals surface area contributed by atoms with Crippen LogP contribution >= 0.6 is 12.2 Å². The first-order chi connectivity index (χ1) is 16.3. The van der Waals surface area contributed by atoms with E-state index in [1.807, 2.05) is 24.3 Å². The zero-order valence-electron chi connectivity index (χ0n) is 17.2. The maximum absolute atomic E-state index is 12.3. The number of ether oxygens (including phenoxy) is 1. The largest absolute Gasteiger partial charge is 0.573 e. The molecule has 0 radical (unpaired) electrons. The summed E-state index contributed by atoms with van der Waals surface area (Å²) in [7, 11) is 0. The summed E-state index contributed by atoms with van der Waals surface area (Å²) in [4.78, 5) is 4.26. The highest BCUT2D eigenvalue weighted by Crippen LogP contribution is 2.24. The zero-order valence-corrected chi connectivity index (χ0v) is 18.1. The normalized spacial score (nSPS) is 10.9. The highest BCUT2D eigenvalue weighted by Gasteiger charge is 2.31. The Morgan fingerprint density at radius 2 is 1.50 bits per heavy atom. The first-order valence-corrected chi connectivity index (χ1v) is 10.2. The van der Waals surface area contributed by atoms with Crippen LogP contribution < -0.4 is 15.4 Å². The molecule has 2 N–H and O–H groups in total. The Morgan fingerprint density at radius 3 is 2.06 bits per heavy atom. The number of nitrogens with one attached hydrogen (secondary N) is 2. The molecule has 0 aliphatic carbocycles. The molecular formula is C23H15F3N6OS. The second-order valence-corrected chi connectivity index (χ2v) is 7.31. The summed E-state index contributed by atoms with van der Waals surface area (Å²) in [6, 6.07) is 21.5. The van der Waals surface area contributed by atoms with Crippen LogP contribution in [-0.4, -0.2) is 26.2 Å². The average Bonchev–Trinajstić information content (AvgIpc) is 3.30. The quantitative estimate of drug-likeness (QED) is 0.364. The smallest absolute Gasteiger partial charge is 0.406 e. The molecule has 0 spiro atoms. The Hall–Kier alpha value is -4.43. The highest BCUT2D eigenvalue weighted by atomic mass is 32.1. The minimum absolute atomic E-state index is 0.314. The third kappa shape index (κ3) is 5.87. The number of anilines is 2. The van der Waals surface area contributed by atoms with Crippen molar-refractivity contribution in [2.45, 2.75) is 6.36 Å². The molecule has 0 amide bonds. The predicted molar refractivity (Wildman–Crippen MR) is 124 cm³/mol. The van der Waals surface area contributed by atoms with Gasteiger partial charge in [-0.2, -0.15) is 5.26 Å². The second-order valence-electron chi connectivity index (χ2n) is 6.90. The van der Waals surface area contributed by atoms with Gasteiger partial charge in [0.05, 0.1) is 17.3 Å². The molecule has 0 bridgehead atoms. The molecule has 34 heavy (non-hydrogen) atoms. The van der Waals surface area contributed by atoms with Crippen molar-refractivity contribution in [2.24, 2.45) is 0 Å². The molecule has 4 rings (SSSR count). The van der Waals surface area contributed by atoms with E-state index in [1.54, 1.807) is 24.3 Å². The first-order valence-electron chi connectivity index (χ1n) is 9.75. The van der Waals surface area contributed by atoms with Gasteiger partial charge in [0.25, 0.3) is 0 Å². The monoisotopic (exact) mass is 480 g/mol. The maximum atomic E-state index is 12.3. The number of rotatable bonds is 5. The predicted octanol–water partition coefficient (Wildman–Crippen LogP) is 5.51. The molecule has 0 aliphatic heterocycles. The van der Waals surface area contributed by atoms with Crippen LogP contribution in [0.25, 0.3) is 17.1 Å². The average molecular weight is 480 g/mol. The summed E-state index contributed by atoms with van der Waals surface area (Å²) < 4.78 is 42.2. The van der Waals surface area contributed by atoms with Gasteiger partial charge in [-0.15, -0.1) is 18.3 Å². The Balaban J connectivity index is 1.38. The van der Waals surface area contributed by atoms with Crippen molar-refractivity contribution in [3.05, 3.63) is 84.7 Å². The number of nitriles is 1. The molecule has 0 saturated heterocycles. The molecule has 1 heterocycles. The number of aromatic nitrogens is 3. The molecule has 4 aromatic rings. The van der Waals surface area contributed by atoms with Crippen molar-refractivity contribution in [3.63, 3.8) is 0 Å². The third-order valence-electron chi connectivity index (χ3n) is 4.50. The van der Waals surface area contributed by atoms with E-state index in [4.69, 9.17) is 17.5 Å². The van der Waals surface area contributed by atoms with Crippen molar-refractivity contribution in [3.8, 4) is 28.9 Å². The van der Waals surface area contributed by atoms with Gasteiger partial charge in [0.2, 0.25) is 0 Å². The van der Waals surface area contributed by atoms with E-state index >= 15 is 0 Å². The van der Waals surface area contributed by atoms with Crippen molar-refractivity contribution in [2.75, 3.05) is 10.6 Å². The topological polar surface area (TPSA) is 87.8 Å². The Labute approximate surface area is 197 Å². The van der Waals surface area contributed by atoms with E-state index in [1.165, 1.54) is 35.3 Å². The SMILES string of the molecule is N#Cc1ccc(NC(=S)Nc2ccc(-c3ncn(-c4ccc(OC(F)(F)F)cc4)n3)cc2)cc1. The van der Waals surface area contributed by atoms with E-state index < -0.39 is 6.36 Å². The molecule has 3 aromatic carbocycles. The summed E-state index contributed by atoms with van der Waals surface area (Å²) in [6.07, 6.45) is -3.27. The molecule has 0 atom stereocenters. The first kappa shape index (κ1) is 22.8. The molecule has 0 fully saturated rings. The van der Waals surface area contributed by atoms with Crippen LogP contribution in [0, 0.1) is 11.3 Å². The number of nitrogens with zero attached hydrogens (tertiary/aromatic N) is 4. The molecule has 170 valence electrons. The van der Waals surface area contributed by atoms with Gasteiger partial charge in [-0.25, -0.2) is 9.67 Å². The Morgan fingerprint density at radius 1 is 0.912 bits per heavy atom. The Kier molecular flexibility index (Phi) is 6.42. The number of benzene rings is 3. The van der Waals surface area contributed by atoms with E-state index in [2.05, 4.69) is 31.5 Å². The van der Waals surface area contributed by atoms with Crippen LogP contribution in [0.4, 0.5) is 24.5 Å². The third-order valence-corrected chi connectivity index (χ3v) is 4.70. The van der Waals surface area contributed by atoms with Gasteiger partial charge in [-0.1, -0.05) is 0 Å². The van der Waals surface area contributed by atoms with Crippen LogP contribution in [0.2, 0.25) is 0 Å². The van der Waals surface area contributed by atoms with E-state index in [0.29, 0.717) is 22.2 Å². The molecule has 0 unspecified atom stereocenters. The van der Waals surface area contributed by atoms with Gasteiger partial charge >= 0.3 is 6.36 Å². The summed E-state index contributed by atoms with van der Waals surface area (Å²) in [5.41, 5.74) is 3.33. The lowest BCUT2D eigenvalue weighted by molar-refractivity contribution is -0.274. The maximum Gasteiger partial charge on any atom is 0.573 e. The lowest BCUT2D eigenvalue weighted by Crippen LogP contribution is -2.18. The second kappa shape index (κ2) is 9.60. The van der Waals surface area contributed by atoms with Crippen molar-refractivity contribution >= 4 is 28.7 Å². The van der Waals surface area contributed by atoms with Crippen LogP contribution in [0.15, 0.2) is 79.1 Å². The summed E-state index contributed by atoms with van der Waals surface area (Å²) in [6.45, 7) is 0. The fourth-order valence-electron chi connectivity index (χ4n) is 2.94. The van der Waals surface area contributed by atoms with Crippen molar-refractivity contribution < 1.29 is 17.9 Å². The summed E-state index contributed by atoms with van der Waals surface area (Å²) >= 11 is 5.31. The summed E-state index contributed by atoms with van der Waals surface area (Å²) in [5.74, 6) is 0.131. The minimum atomic E-state index is -4.74. The number of hydrogen-bond donors (Lipinski definition) is 2. The van der Waals surface area contributed by atoms with Crippen molar-refractivity contribution in [1.82, 2.24) is 14.8 Å². The zero-order chi connectivity index (χ0) is 24.1. The van der Waals surface area contributed by atoms with Gasteiger partial charge in [0.15, 0.2) is 10.9 Å². The molecule has 0 saturated carbocycles. The van der Waals surface area contributed by atoms with E-state index in [9.17, 15) is 13.2 Å². The van der Waals surface area contributed by atoms with Crippen molar-refractivity contribution in [1.29, 1.82) is 5.26 Å². The highest BCUT2D eigenvalue weighted by molar-refractivity contribution is 7.80. The molecule has 11 heteroatoms. The lowest BCUT2D eigenvalue weighted by Gasteiger charge is -2.11. The van der Waals surface area contributed by atoms with Gasteiger partial charge < -0.3 is 15.4 Å². The molecule has 7 nitrogen and oxygen atoms in total. The van der Waals surface area contributed by atoms with Gasteiger partial charge in [0.1, 0.15) is 12.1 Å². The van der Waals surface area contributed by atoms with Gasteiger partial charge in [-0.05, 0) is 85.0 Å². The van der Waals surface area contributed by atoms with Crippen LogP contribution in [0.3, 0.4) is 0 Å². The number of hydrogen-bond acceptors (Lipinski definition) is 5. The number of thiocarbonyl (C=S) groups is 1. The Bertz CT molecular complexity index is 1330. The molecular weight excluding hydrogens is 465 g/mol.